The maximum absolute atomic E-state index is 5.70. The van der Waals surface area contributed by atoms with Gasteiger partial charge in [-0.3, -0.25) is 5.10 Å². The highest BCUT2D eigenvalue weighted by atomic mass is 32.1. The van der Waals surface area contributed by atoms with Crippen LogP contribution in [0.3, 0.4) is 0 Å². The molecule has 2 aromatic rings. The zero-order valence-corrected chi connectivity index (χ0v) is 15.2. The number of hydrogen-bond donors (Lipinski definition) is 1. The Hall–Kier alpha value is -2.19. The first-order valence-electron chi connectivity index (χ1n) is 8.45. The molecule has 0 spiro atoms. The van der Waals surface area contributed by atoms with E-state index in [1.807, 2.05) is 32.0 Å². The molecule has 0 bridgehead atoms. The second kappa shape index (κ2) is 8.26. The van der Waals surface area contributed by atoms with Crippen LogP contribution in [0.25, 0.3) is 0 Å². The molecule has 0 amide bonds. The molecule has 25 heavy (non-hydrogen) atoms. The van der Waals surface area contributed by atoms with Crippen molar-refractivity contribution in [3.05, 3.63) is 34.4 Å². The molecule has 0 aliphatic carbocycles. The van der Waals surface area contributed by atoms with Crippen molar-refractivity contribution < 1.29 is 14.2 Å². The molecule has 8 heteroatoms. The summed E-state index contributed by atoms with van der Waals surface area (Å²) in [5, 5.41) is 11.5. The van der Waals surface area contributed by atoms with Gasteiger partial charge in [0.05, 0.1) is 19.4 Å². The molecular formula is C17H22N4O3S. The maximum Gasteiger partial charge on any atom is 0.216 e. The lowest BCUT2D eigenvalue weighted by Gasteiger charge is -2.10. The average molecular weight is 362 g/mol. The van der Waals surface area contributed by atoms with Crippen LogP contribution < -0.4 is 9.47 Å². The molecule has 2 heterocycles. The van der Waals surface area contributed by atoms with E-state index in [1.165, 1.54) is 0 Å². The number of benzene rings is 1. The SMILES string of the molecule is CCOc1ccc(/C=N\n2c(C3CCCO3)n[nH]c2=S)c(OCC)c1. The highest BCUT2D eigenvalue weighted by molar-refractivity contribution is 7.71. The van der Waals surface area contributed by atoms with E-state index >= 15 is 0 Å². The lowest BCUT2D eigenvalue weighted by atomic mass is 10.2. The van der Waals surface area contributed by atoms with Gasteiger partial charge in [0.15, 0.2) is 5.82 Å². The Kier molecular flexibility index (Phi) is 5.83. The summed E-state index contributed by atoms with van der Waals surface area (Å²) in [6.45, 7) is 5.79. The maximum atomic E-state index is 5.70. The summed E-state index contributed by atoms with van der Waals surface area (Å²) >= 11 is 5.29. The molecular weight excluding hydrogens is 340 g/mol. The third-order valence-electron chi connectivity index (χ3n) is 3.80. The largest absolute Gasteiger partial charge is 0.494 e. The average Bonchev–Trinajstić information content (AvgIpc) is 3.25. The fourth-order valence-corrected chi connectivity index (χ4v) is 2.87. The molecule has 3 rings (SSSR count). The number of aromatic amines is 1. The van der Waals surface area contributed by atoms with E-state index in [1.54, 1.807) is 10.9 Å². The summed E-state index contributed by atoms with van der Waals surface area (Å²) in [5.41, 5.74) is 0.840. The third kappa shape index (κ3) is 4.08. The molecule has 1 saturated heterocycles. The van der Waals surface area contributed by atoms with Crippen LogP contribution in [0.1, 0.15) is 44.2 Å². The van der Waals surface area contributed by atoms with Gasteiger partial charge in [-0.1, -0.05) is 0 Å². The van der Waals surface area contributed by atoms with Crippen LogP contribution in [0.5, 0.6) is 11.5 Å². The molecule has 1 aromatic heterocycles. The van der Waals surface area contributed by atoms with E-state index in [2.05, 4.69) is 15.3 Å². The van der Waals surface area contributed by atoms with Crippen molar-refractivity contribution in [2.75, 3.05) is 19.8 Å². The van der Waals surface area contributed by atoms with Crippen LogP contribution in [-0.4, -0.2) is 40.9 Å². The van der Waals surface area contributed by atoms with Gasteiger partial charge in [-0.05, 0) is 51.0 Å². The standard InChI is InChI=1S/C17H22N4O3S/c1-3-22-13-8-7-12(15(10-13)23-4-2)11-18-21-16(19-20-17(21)25)14-6-5-9-24-14/h7-8,10-11,14H,3-6,9H2,1-2H3,(H,20,25)/b18-11-. The molecule has 1 fully saturated rings. The quantitative estimate of drug-likeness (QED) is 0.603. The van der Waals surface area contributed by atoms with E-state index in [0.29, 0.717) is 29.6 Å². The van der Waals surface area contributed by atoms with Crippen molar-refractivity contribution in [1.82, 2.24) is 14.9 Å². The van der Waals surface area contributed by atoms with Crippen LogP contribution in [0.2, 0.25) is 0 Å². The van der Waals surface area contributed by atoms with Gasteiger partial charge in [0.25, 0.3) is 0 Å². The van der Waals surface area contributed by atoms with Gasteiger partial charge in [-0.25, -0.2) is 0 Å². The molecule has 1 N–H and O–H groups in total. The van der Waals surface area contributed by atoms with E-state index < -0.39 is 0 Å². The highest BCUT2D eigenvalue weighted by Gasteiger charge is 2.23. The van der Waals surface area contributed by atoms with E-state index in [4.69, 9.17) is 26.4 Å². The lowest BCUT2D eigenvalue weighted by Crippen LogP contribution is -2.06. The van der Waals surface area contributed by atoms with Crippen LogP contribution in [0.4, 0.5) is 0 Å². The van der Waals surface area contributed by atoms with Gasteiger partial charge >= 0.3 is 0 Å². The Morgan fingerprint density at radius 1 is 1.40 bits per heavy atom. The van der Waals surface area contributed by atoms with Gasteiger partial charge in [0.2, 0.25) is 4.77 Å². The van der Waals surface area contributed by atoms with E-state index in [-0.39, 0.29) is 6.10 Å². The number of rotatable bonds is 7. The lowest BCUT2D eigenvalue weighted by molar-refractivity contribution is 0.102. The zero-order chi connectivity index (χ0) is 17.6. The molecule has 1 aliphatic heterocycles. The molecule has 0 radical (unpaired) electrons. The normalized spacial score (nSPS) is 17.3. The summed E-state index contributed by atoms with van der Waals surface area (Å²) in [4.78, 5) is 0. The molecule has 7 nitrogen and oxygen atoms in total. The van der Waals surface area contributed by atoms with Crippen LogP contribution in [0, 0.1) is 4.77 Å². The molecule has 134 valence electrons. The minimum Gasteiger partial charge on any atom is -0.494 e. The number of ether oxygens (including phenoxy) is 3. The van der Waals surface area contributed by atoms with Gasteiger partial charge in [-0.2, -0.15) is 14.9 Å². The van der Waals surface area contributed by atoms with Gasteiger partial charge in [-0.15, -0.1) is 0 Å². The van der Waals surface area contributed by atoms with Crippen molar-refractivity contribution in [3.63, 3.8) is 0 Å². The van der Waals surface area contributed by atoms with Crippen molar-refractivity contribution in [3.8, 4) is 11.5 Å². The molecule has 1 aromatic carbocycles. The summed E-state index contributed by atoms with van der Waals surface area (Å²) in [6, 6.07) is 5.67. The van der Waals surface area contributed by atoms with E-state index in [9.17, 15) is 0 Å². The summed E-state index contributed by atoms with van der Waals surface area (Å²) in [5.74, 6) is 2.18. The Morgan fingerprint density at radius 2 is 2.24 bits per heavy atom. The number of H-pyrrole nitrogens is 1. The second-order valence-corrected chi connectivity index (χ2v) is 5.90. The Morgan fingerprint density at radius 3 is 2.96 bits per heavy atom. The molecule has 1 atom stereocenters. The van der Waals surface area contributed by atoms with Crippen LogP contribution in [-0.2, 0) is 4.74 Å². The topological polar surface area (TPSA) is 73.7 Å². The zero-order valence-electron chi connectivity index (χ0n) is 14.4. The number of nitrogens with one attached hydrogen (secondary N) is 1. The Balaban J connectivity index is 1.89. The third-order valence-corrected chi connectivity index (χ3v) is 4.07. The Bertz CT molecular complexity index is 793. The van der Waals surface area contributed by atoms with E-state index in [0.717, 1.165) is 30.8 Å². The molecule has 1 unspecified atom stereocenters. The monoisotopic (exact) mass is 362 g/mol. The van der Waals surface area contributed by atoms with Crippen molar-refractivity contribution in [1.29, 1.82) is 0 Å². The van der Waals surface area contributed by atoms with Crippen molar-refractivity contribution >= 4 is 18.4 Å². The minimum absolute atomic E-state index is 0.0724. The number of nitrogens with zero attached hydrogens (tertiary/aromatic N) is 3. The predicted octanol–water partition coefficient (Wildman–Crippen LogP) is 3.47. The first kappa shape index (κ1) is 17.6. The fourth-order valence-electron chi connectivity index (χ4n) is 2.68. The summed E-state index contributed by atoms with van der Waals surface area (Å²) in [6.07, 6.45) is 3.57. The second-order valence-electron chi connectivity index (χ2n) is 5.51. The molecule has 1 aliphatic rings. The minimum atomic E-state index is -0.0724. The van der Waals surface area contributed by atoms with Gasteiger partial charge in [0.1, 0.15) is 17.6 Å². The highest BCUT2D eigenvalue weighted by Crippen LogP contribution is 2.27. The van der Waals surface area contributed by atoms with Crippen LogP contribution >= 0.6 is 12.2 Å². The predicted molar refractivity (Wildman–Crippen MR) is 97.1 cm³/mol. The first-order chi connectivity index (χ1) is 12.2. The smallest absolute Gasteiger partial charge is 0.216 e. The molecule has 0 saturated carbocycles. The Labute approximate surface area is 151 Å². The summed E-state index contributed by atoms with van der Waals surface area (Å²) < 4.78 is 19.0. The first-order valence-corrected chi connectivity index (χ1v) is 8.86. The van der Waals surface area contributed by atoms with Gasteiger partial charge in [0, 0.05) is 18.2 Å². The van der Waals surface area contributed by atoms with Gasteiger partial charge < -0.3 is 14.2 Å². The van der Waals surface area contributed by atoms with Crippen LogP contribution in [0.15, 0.2) is 23.3 Å². The summed E-state index contributed by atoms with van der Waals surface area (Å²) in [7, 11) is 0. The van der Waals surface area contributed by atoms with Crippen molar-refractivity contribution in [2.24, 2.45) is 5.10 Å². The van der Waals surface area contributed by atoms with Crippen molar-refractivity contribution in [2.45, 2.75) is 32.8 Å². The number of hydrogen-bond acceptors (Lipinski definition) is 6. The fraction of sp³-hybridized carbons (Fsp3) is 0.471. The number of aromatic nitrogens is 3.